The van der Waals surface area contributed by atoms with Crippen molar-refractivity contribution in [1.29, 1.82) is 0 Å². The van der Waals surface area contributed by atoms with Crippen molar-refractivity contribution in [3.05, 3.63) is 28.7 Å². The molecule has 0 heterocycles. The van der Waals surface area contributed by atoms with Gasteiger partial charge in [0.15, 0.2) is 9.84 Å². The Morgan fingerprint density at radius 3 is 2.50 bits per heavy atom. The summed E-state index contributed by atoms with van der Waals surface area (Å²) in [7, 11) is -3.40. The lowest BCUT2D eigenvalue weighted by Gasteiger charge is -2.05. The number of carboxylic acid groups (broad SMARTS) is 1. The number of benzene rings is 1. The van der Waals surface area contributed by atoms with Crippen molar-refractivity contribution in [2.24, 2.45) is 0 Å². The number of aliphatic carboxylic acids is 1. The number of carbonyl (C=O) groups is 1. The molecule has 0 amide bonds. The number of hydrogen-bond donors (Lipinski definition) is 1. The van der Waals surface area contributed by atoms with Crippen molar-refractivity contribution in [2.45, 2.75) is 17.7 Å². The molecule has 1 N–H and O–H groups in total. The van der Waals surface area contributed by atoms with E-state index in [4.69, 9.17) is 5.11 Å². The summed E-state index contributed by atoms with van der Waals surface area (Å²) in [5, 5.41) is 8.43. The van der Waals surface area contributed by atoms with Gasteiger partial charge in [-0.25, -0.2) is 8.42 Å². The van der Waals surface area contributed by atoms with Crippen LogP contribution in [-0.2, 0) is 14.6 Å². The molecule has 0 saturated carbocycles. The second-order valence-corrected chi connectivity index (χ2v) is 6.18. The molecule has 1 aromatic rings. The zero-order chi connectivity index (χ0) is 12.2. The minimum atomic E-state index is -3.40. The van der Waals surface area contributed by atoms with Crippen LogP contribution in [0.25, 0.3) is 0 Å². The molecule has 0 saturated heterocycles. The number of sulfone groups is 1. The van der Waals surface area contributed by atoms with Crippen LogP contribution in [0.1, 0.15) is 12.8 Å². The van der Waals surface area contributed by atoms with Gasteiger partial charge in [0.05, 0.1) is 10.6 Å². The second kappa shape index (κ2) is 5.45. The Morgan fingerprint density at radius 2 is 1.94 bits per heavy atom. The third-order valence-electron chi connectivity index (χ3n) is 1.98. The highest BCUT2D eigenvalue weighted by molar-refractivity contribution is 9.10. The van der Waals surface area contributed by atoms with E-state index in [9.17, 15) is 13.2 Å². The normalized spacial score (nSPS) is 11.3. The lowest BCUT2D eigenvalue weighted by molar-refractivity contribution is -0.137. The lowest BCUT2D eigenvalue weighted by atomic mass is 10.3. The van der Waals surface area contributed by atoms with Crippen molar-refractivity contribution in [3.63, 3.8) is 0 Å². The number of rotatable bonds is 5. The summed E-state index contributed by atoms with van der Waals surface area (Å²) in [5.41, 5.74) is 0. The molecule has 0 fully saturated rings. The van der Waals surface area contributed by atoms with Crippen molar-refractivity contribution in [3.8, 4) is 0 Å². The van der Waals surface area contributed by atoms with Crippen LogP contribution in [0, 0.1) is 0 Å². The Kier molecular flexibility index (Phi) is 4.49. The molecule has 1 aromatic carbocycles. The summed E-state index contributed by atoms with van der Waals surface area (Å²) in [5.74, 6) is -1.13. The fraction of sp³-hybridized carbons (Fsp3) is 0.300. The quantitative estimate of drug-likeness (QED) is 0.904. The maximum Gasteiger partial charge on any atom is 0.303 e. The van der Waals surface area contributed by atoms with E-state index in [1.54, 1.807) is 18.2 Å². The first kappa shape index (κ1) is 13.2. The molecule has 0 aromatic heterocycles. The second-order valence-electron chi connectivity index (χ2n) is 3.25. The topological polar surface area (TPSA) is 71.4 Å². The highest BCUT2D eigenvalue weighted by atomic mass is 79.9. The molecule has 0 radical (unpaired) electrons. The monoisotopic (exact) mass is 306 g/mol. The molecule has 0 spiro atoms. The van der Waals surface area contributed by atoms with Crippen molar-refractivity contribution >= 4 is 31.7 Å². The van der Waals surface area contributed by atoms with E-state index in [1.807, 2.05) is 0 Å². The Morgan fingerprint density at radius 1 is 1.31 bits per heavy atom. The standard InChI is InChI=1S/C10H11BrO4S/c11-8-4-1-2-5-9(8)16(14,15)7-3-6-10(12)13/h1-2,4-5H,3,6-7H2,(H,12,13). The fourth-order valence-electron chi connectivity index (χ4n) is 1.22. The van der Waals surface area contributed by atoms with Gasteiger partial charge in [0, 0.05) is 10.9 Å². The predicted molar refractivity (Wildman–Crippen MR) is 63.1 cm³/mol. The maximum atomic E-state index is 11.8. The third-order valence-corrected chi connectivity index (χ3v) is 4.78. The molecule has 1 rings (SSSR count). The Bertz CT molecular complexity index is 481. The van der Waals surface area contributed by atoms with E-state index in [1.165, 1.54) is 6.07 Å². The van der Waals surface area contributed by atoms with E-state index in [2.05, 4.69) is 15.9 Å². The largest absolute Gasteiger partial charge is 0.481 e. The van der Waals surface area contributed by atoms with Gasteiger partial charge in [0.25, 0.3) is 0 Å². The molecule has 0 atom stereocenters. The van der Waals surface area contributed by atoms with Crippen molar-refractivity contribution in [2.75, 3.05) is 5.75 Å². The van der Waals surface area contributed by atoms with E-state index in [0.717, 1.165) is 0 Å². The van der Waals surface area contributed by atoms with Crippen LogP contribution in [0.3, 0.4) is 0 Å². The highest BCUT2D eigenvalue weighted by Gasteiger charge is 2.17. The lowest BCUT2D eigenvalue weighted by Crippen LogP contribution is -2.09. The summed E-state index contributed by atoms with van der Waals surface area (Å²) >= 11 is 3.16. The van der Waals surface area contributed by atoms with Gasteiger partial charge in [0.1, 0.15) is 0 Å². The van der Waals surface area contributed by atoms with E-state index in [-0.39, 0.29) is 23.5 Å². The fourth-order valence-corrected chi connectivity index (χ4v) is 3.64. The first-order valence-corrected chi connectivity index (χ1v) is 7.07. The van der Waals surface area contributed by atoms with Gasteiger partial charge in [-0.15, -0.1) is 0 Å². The van der Waals surface area contributed by atoms with Gasteiger partial charge in [0.2, 0.25) is 0 Å². The van der Waals surface area contributed by atoms with Crippen molar-refractivity contribution < 1.29 is 18.3 Å². The van der Waals surface area contributed by atoms with E-state index >= 15 is 0 Å². The molecule has 0 aliphatic carbocycles. The molecule has 16 heavy (non-hydrogen) atoms. The number of carboxylic acids is 1. The molecule has 0 aliphatic heterocycles. The van der Waals surface area contributed by atoms with Crippen LogP contribution < -0.4 is 0 Å². The predicted octanol–water partition coefficient (Wildman–Crippen LogP) is 2.09. The van der Waals surface area contributed by atoms with Gasteiger partial charge in [-0.05, 0) is 34.5 Å². The molecule has 88 valence electrons. The third kappa shape index (κ3) is 3.61. The smallest absolute Gasteiger partial charge is 0.303 e. The average Bonchev–Trinajstić information content (AvgIpc) is 2.17. The molecule has 4 nitrogen and oxygen atoms in total. The Balaban J connectivity index is 2.79. The Labute approximate surface area is 102 Å². The molecule has 0 bridgehead atoms. The zero-order valence-corrected chi connectivity index (χ0v) is 10.8. The summed E-state index contributed by atoms with van der Waals surface area (Å²) in [4.78, 5) is 10.5. The summed E-state index contributed by atoms with van der Waals surface area (Å²) in [6.07, 6.45) is -0.0112. The SMILES string of the molecule is O=C(O)CCCS(=O)(=O)c1ccccc1Br. The molecule has 0 aliphatic rings. The minimum absolute atomic E-state index is 0.124. The van der Waals surface area contributed by atoms with Crippen LogP contribution in [0.2, 0.25) is 0 Å². The van der Waals surface area contributed by atoms with Crippen molar-refractivity contribution in [1.82, 2.24) is 0 Å². The van der Waals surface area contributed by atoms with Crippen LogP contribution in [-0.4, -0.2) is 25.2 Å². The Hall–Kier alpha value is -0.880. The minimum Gasteiger partial charge on any atom is -0.481 e. The summed E-state index contributed by atoms with van der Waals surface area (Å²) in [6, 6.07) is 6.50. The molecule has 0 unspecified atom stereocenters. The maximum absolute atomic E-state index is 11.8. The highest BCUT2D eigenvalue weighted by Crippen LogP contribution is 2.22. The summed E-state index contributed by atoms with van der Waals surface area (Å²) in [6.45, 7) is 0. The van der Waals surface area contributed by atoms with Gasteiger partial charge in [-0.2, -0.15) is 0 Å². The van der Waals surface area contributed by atoms with Crippen LogP contribution in [0.5, 0.6) is 0 Å². The van der Waals surface area contributed by atoms with Gasteiger partial charge >= 0.3 is 5.97 Å². The van der Waals surface area contributed by atoms with Crippen LogP contribution >= 0.6 is 15.9 Å². The first-order chi connectivity index (χ1) is 7.43. The molecular weight excluding hydrogens is 296 g/mol. The molecular formula is C10H11BrO4S. The molecule has 6 heteroatoms. The van der Waals surface area contributed by atoms with Gasteiger partial charge in [-0.3, -0.25) is 4.79 Å². The number of hydrogen-bond acceptors (Lipinski definition) is 3. The first-order valence-electron chi connectivity index (χ1n) is 4.62. The van der Waals surface area contributed by atoms with Crippen LogP contribution in [0.15, 0.2) is 33.6 Å². The van der Waals surface area contributed by atoms with Gasteiger partial charge < -0.3 is 5.11 Å². The van der Waals surface area contributed by atoms with Gasteiger partial charge in [-0.1, -0.05) is 12.1 Å². The number of halogens is 1. The average molecular weight is 307 g/mol. The van der Waals surface area contributed by atoms with E-state index < -0.39 is 15.8 Å². The van der Waals surface area contributed by atoms with E-state index in [0.29, 0.717) is 4.47 Å². The summed E-state index contributed by atoms with van der Waals surface area (Å²) < 4.78 is 24.1. The van der Waals surface area contributed by atoms with Crippen LogP contribution in [0.4, 0.5) is 0 Å². The zero-order valence-electron chi connectivity index (χ0n) is 8.39.